The predicted molar refractivity (Wildman–Crippen MR) is 55.5 cm³/mol. The van der Waals surface area contributed by atoms with Crippen molar-refractivity contribution in [2.24, 2.45) is 0 Å². The third-order valence-corrected chi connectivity index (χ3v) is 2.71. The standard InChI is InChI=1S/C10H20N2O2/c1-2-3-5-9-8-11-6-4-7-12(9)10(13)14/h9,11H,2-8H2,1H3,(H,13,14). The number of nitrogens with one attached hydrogen (secondary N) is 1. The summed E-state index contributed by atoms with van der Waals surface area (Å²) in [6.07, 6.45) is 3.37. The van der Waals surface area contributed by atoms with Gasteiger partial charge in [-0.15, -0.1) is 0 Å². The molecule has 1 unspecified atom stereocenters. The van der Waals surface area contributed by atoms with E-state index in [1.54, 1.807) is 4.90 Å². The molecule has 1 aliphatic rings. The van der Waals surface area contributed by atoms with Crippen molar-refractivity contribution in [1.82, 2.24) is 10.2 Å². The Morgan fingerprint density at radius 2 is 2.43 bits per heavy atom. The van der Waals surface area contributed by atoms with E-state index in [0.717, 1.165) is 38.8 Å². The average Bonchev–Trinajstić information content (AvgIpc) is 2.39. The first kappa shape index (κ1) is 11.3. The van der Waals surface area contributed by atoms with Crippen molar-refractivity contribution >= 4 is 6.09 Å². The van der Waals surface area contributed by atoms with Crippen LogP contribution in [0.4, 0.5) is 4.79 Å². The highest BCUT2D eigenvalue weighted by atomic mass is 16.4. The van der Waals surface area contributed by atoms with Crippen LogP contribution >= 0.6 is 0 Å². The monoisotopic (exact) mass is 200 g/mol. The summed E-state index contributed by atoms with van der Waals surface area (Å²) in [4.78, 5) is 12.6. The van der Waals surface area contributed by atoms with Gasteiger partial charge in [0.25, 0.3) is 0 Å². The van der Waals surface area contributed by atoms with Gasteiger partial charge in [0.2, 0.25) is 0 Å². The molecule has 14 heavy (non-hydrogen) atoms. The maximum absolute atomic E-state index is 11.0. The molecule has 1 rings (SSSR count). The Morgan fingerprint density at radius 3 is 3.07 bits per heavy atom. The molecule has 1 saturated heterocycles. The van der Waals surface area contributed by atoms with Gasteiger partial charge in [0.1, 0.15) is 0 Å². The van der Waals surface area contributed by atoms with Crippen molar-refractivity contribution in [2.75, 3.05) is 19.6 Å². The van der Waals surface area contributed by atoms with E-state index in [9.17, 15) is 4.79 Å². The van der Waals surface area contributed by atoms with Gasteiger partial charge in [-0.2, -0.15) is 0 Å². The van der Waals surface area contributed by atoms with Gasteiger partial charge in [-0.3, -0.25) is 0 Å². The molecule has 0 aromatic heterocycles. The van der Waals surface area contributed by atoms with Crippen molar-refractivity contribution in [2.45, 2.75) is 38.6 Å². The van der Waals surface area contributed by atoms with Crippen LogP contribution < -0.4 is 5.32 Å². The zero-order valence-electron chi connectivity index (χ0n) is 8.83. The lowest BCUT2D eigenvalue weighted by atomic mass is 10.1. The second-order valence-electron chi connectivity index (χ2n) is 3.83. The van der Waals surface area contributed by atoms with Gasteiger partial charge in [0, 0.05) is 19.1 Å². The van der Waals surface area contributed by atoms with Crippen LogP contribution in [0.5, 0.6) is 0 Å². The van der Waals surface area contributed by atoms with E-state index in [0.29, 0.717) is 6.54 Å². The quantitative estimate of drug-likeness (QED) is 0.726. The van der Waals surface area contributed by atoms with Gasteiger partial charge in [0.15, 0.2) is 0 Å². The molecule has 0 aliphatic carbocycles. The van der Waals surface area contributed by atoms with Crippen molar-refractivity contribution in [3.63, 3.8) is 0 Å². The van der Waals surface area contributed by atoms with E-state index in [4.69, 9.17) is 5.11 Å². The smallest absolute Gasteiger partial charge is 0.407 e. The Bertz CT molecular complexity index is 185. The van der Waals surface area contributed by atoms with Crippen molar-refractivity contribution in [3.05, 3.63) is 0 Å². The molecule has 4 heteroatoms. The molecule has 82 valence electrons. The lowest BCUT2D eigenvalue weighted by Crippen LogP contribution is -2.42. The van der Waals surface area contributed by atoms with Gasteiger partial charge in [0.05, 0.1) is 0 Å². The number of carbonyl (C=O) groups is 1. The fraction of sp³-hybridized carbons (Fsp3) is 0.900. The first-order valence-corrected chi connectivity index (χ1v) is 5.46. The summed E-state index contributed by atoms with van der Waals surface area (Å²) in [5.74, 6) is 0. The lowest BCUT2D eigenvalue weighted by Gasteiger charge is -2.26. The molecule has 1 heterocycles. The minimum absolute atomic E-state index is 0.176. The Balaban J connectivity index is 2.50. The van der Waals surface area contributed by atoms with Gasteiger partial charge in [-0.1, -0.05) is 19.8 Å². The van der Waals surface area contributed by atoms with Crippen LogP contribution in [0, 0.1) is 0 Å². The SMILES string of the molecule is CCCCC1CNCCCN1C(=O)O. The molecule has 0 bridgehead atoms. The maximum atomic E-state index is 11.0. The molecule has 0 radical (unpaired) electrons. The summed E-state index contributed by atoms with van der Waals surface area (Å²) < 4.78 is 0. The number of nitrogens with zero attached hydrogens (tertiary/aromatic N) is 1. The molecule has 1 fully saturated rings. The van der Waals surface area contributed by atoms with Crippen LogP contribution in [-0.2, 0) is 0 Å². The Kier molecular flexibility index (Phi) is 4.73. The highest BCUT2D eigenvalue weighted by Crippen LogP contribution is 2.11. The van der Waals surface area contributed by atoms with Crippen molar-refractivity contribution in [1.29, 1.82) is 0 Å². The number of carboxylic acid groups (broad SMARTS) is 1. The van der Waals surface area contributed by atoms with E-state index >= 15 is 0 Å². The largest absolute Gasteiger partial charge is 0.465 e. The molecule has 0 aromatic rings. The van der Waals surface area contributed by atoms with Crippen molar-refractivity contribution < 1.29 is 9.90 Å². The summed E-state index contributed by atoms with van der Waals surface area (Å²) in [7, 11) is 0. The summed E-state index contributed by atoms with van der Waals surface area (Å²) in [6.45, 7) is 4.56. The molecule has 0 saturated carbocycles. The van der Waals surface area contributed by atoms with Crippen LogP contribution in [-0.4, -0.2) is 41.8 Å². The normalized spacial score (nSPS) is 23.2. The summed E-state index contributed by atoms with van der Waals surface area (Å²) in [5, 5.41) is 12.3. The van der Waals surface area contributed by atoms with Gasteiger partial charge in [-0.25, -0.2) is 4.79 Å². The van der Waals surface area contributed by atoms with Gasteiger partial charge < -0.3 is 15.3 Å². The highest BCUT2D eigenvalue weighted by Gasteiger charge is 2.23. The second kappa shape index (κ2) is 5.86. The average molecular weight is 200 g/mol. The molecule has 4 nitrogen and oxygen atoms in total. The summed E-state index contributed by atoms with van der Waals surface area (Å²) in [5.41, 5.74) is 0. The lowest BCUT2D eigenvalue weighted by molar-refractivity contribution is 0.125. The van der Waals surface area contributed by atoms with Crippen LogP contribution in [0.2, 0.25) is 0 Å². The summed E-state index contributed by atoms with van der Waals surface area (Å²) >= 11 is 0. The molecule has 0 spiro atoms. The van der Waals surface area contributed by atoms with E-state index in [1.807, 2.05) is 0 Å². The molecular formula is C10H20N2O2. The van der Waals surface area contributed by atoms with E-state index in [-0.39, 0.29) is 6.04 Å². The van der Waals surface area contributed by atoms with E-state index in [1.165, 1.54) is 0 Å². The third-order valence-electron chi connectivity index (χ3n) is 2.71. The number of hydrogen-bond acceptors (Lipinski definition) is 2. The van der Waals surface area contributed by atoms with Crippen LogP contribution in [0.15, 0.2) is 0 Å². The zero-order valence-corrected chi connectivity index (χ0v) is 8.83. The summed E-state index contributed by atoms with van der Waals surface area (Å²) in [6, 6.07) is 0.176. The fourth-order valence-corrected chi connectivity index (χ4v) is 1.89. The van der Waals surface area contributed by atoms with E-state index < -0.39 is 6.09 Å². The molecule has 0 aromatic carbocycles. The Hall–Kier alpha value is -0.770. The van der Waals surface area contributed by atoms with Crippen LogP contribution in [0.1, 0.15) is 32.6 Å². The molecule has 1 aliphatic heterocycles. The topological polar surface area (TPSA) is 52.6 Å². The number of hydrogen-bond donors (Lipinski definition) is 2. The number of amides is 1. The molecule has 2 N–H and O–H groups in total. The molecular weight excluding hydrogens is 180 g/mol. The van der Waals surface area contributed by atoms with Gasteiger partial charge >= 0.3 is 6.09 Å². The second-order valence-corrected chi connectivity index (χ2v) is 3.83. The Morgan fingerprint density at radius 1 is 1.64 bits per heavy atom. The van der Waals surface area contributed by atoms with Gasteiger partial charge in [-0.05, 0) is 19.4 Å². The number of rotatable bonds is 3. The van der Waals surface area contributed by atoms with Crippen LogP contribution in [0.25, 0.3) is 0 Å². The molecule has 1 amide bonds. The minimum atomic E-state index is -0.769. The van der Waals surface area contributed by atoms with E-state index in [2.05, 4.69) is 12.2 Å². The first-order valence-electron chi connectivity index (χ1n) is 5.46. The minimum Gasteiger partial charge on any atom is -0.465 e. The fourth-order valence-electron chi connectivity index (χ4n) is 1.89. The first-order chi connectivity index (χ1) is 6.75. The van der Waals surface area contributed by atoms with Crippen LogP contribution in [0.3, 0.4) is 0 Å². The number of unbranched alkanes of at least 4 members (excludes halogenated alkanes) is 1. The predicted octanol–water partition coefficient (Wildman–Crippen LogP) is 1.52. The maximum Gasteiger partial charge on any atom is 0.407 e. The Labute approximate surface area is 85.3 Å². The highest BCUT2D eigenvalue weighted by molar-refractivity contribution is 5.65. The van der Waals surface area contributed by atoms with Crippen molar-refractivity contribution in [3.8, 4) is 0 Å². The third kappa shape index (κ3) is 3.18. The molecule has 1 atom stereocenters. The zero-order chi connectivity index (χ0) is 10.4.